The molecule has 3 heterocycles. The van der Waals surface area contributed by atoms with Crippen LogP contribution in [0.15, 0.2) is 34.6 Å². The standard InChI is InChI=1S/C21H32N4S2/c1-16(13-19-7-6-17(2)27-19)24-21(22-3)23-14-18-8-10-25(11-9-18)15-20-5-4-12-26-20/h4-7,12,16,18H,8-11,13-15H2,1-3H3,(H2,22,23,24). The number of hydrogen-bond acceptors (Lipinski definition) is 4. The minimum Gasteiger partial charge on any atom is -0.356 e. The Morgan fingerprint density at radius 1 is 1.26 bits per heavy atom. The summed E-state index contributed by atoms with van der Waals surface area (Å²) in [6.07, 6.45) is 3.57. The van der Waals surface area contributed by atoms with Gasteiger partial charge in [-0.2, -0.15) is 0 Å². The van der Waals surface area contributed by atoms with E-state index in [2.05, 4.69) is 64.0 Å². The minimum absolute atomic E-state index is 0.377. The number of hydrogen-bond donors (Lipinski definition) is 2. The van der Waals surface area contributed by atoms with Crippen LogP contribution in [0.5, 0.6) is 0 Å². The van der Waals surface area contributed by atoms with Crippen LogP contribution in [0.4, 0.5) is 0 Å². The van der Waals surface area contributed by atoms with Crippen LogP contribution in [0, 0.1) is 12.8 Å². The number of guanidine groups is 1. The monoisotopic (exact) mass is 404 g/mol. The van der Waals surface area contributed by atoms with E-state index in [-0.39, 0.29) is 0 Å². The van der Waals surface area contributed by atoms with Gasteiger partial charge in [-0.25, -0.2) is 0 Å². The van der Waals surface area contributed by atoms with Gasteiger partial charge < -0.3 is 10.6 Å². The molecule has 2 aromatic heterocycles. The summed E-state index contributed by atoms with van der Waals surface area (Å²) >= 11 is 3.75. The van der Waals surface area contributed by atoms with E-state index in [0.29, 0.717) is 6.04 Å². The quantitative estimate of drug-likeness (QED) is 0.538. The van der Waals surface area contributed by atoms with Crippen LogP contribution in [0.3, 0.4) is 0 Å². The van der Waals surface area contributed by atoms with Gasteiger partial charge in [-0.3, -0.25) is 9.89 Å². The molecule has 27 heavy (non-hydrogen) atoms. The second-order valence-corrected chi connectivity index (χ2v) is 9.92. The highest BCUT2D eigenvalue weighted by Gasteiger charge is 2.20. The van der Waals surface area contributed by atoms with Crippen LogP contribution in [0.25, 0.3) is 0 Å². The molecule has 1 unspecified atom stereocenters. The molecule has 0 radical (unpaired) electrons. The van der Waals surface area contributed by atoms with Crippen LogP contribution in [0.2, 0.25) is 0 Å². The van der Waals surface area contributed by atoms with Gasteiger partial charge in [0.1, 0.15) is 0 Å². The zero-order valence-electron chi connectivity index (χ0n) is 16.7. The summed E-state index contributed by atoms with van der Waals surface area (Å²) in [4.78, 5) is 11.3. The smallest absolute Gasteiger partial charge is 0.191 e. The summed E-state index contributed by atoms with van der Waals surface area (Å²) in [5, 5.41) is 9.26. The Balaban J connectivity index is 1.36. The molecule has 1 atom stereocenters. The van der Waals surface area contributed by atoms with Gasteiger partial charge in [-0.15, -0.1) is 22.7 Å². The van der Waals surface area contributed by atoms with Crippen LogP contribution >= 0.6 is 22.7 Å². The Morgan fingerprint density at radius 2 is 2.07 bits per heavy atom. The van der Waals surface area contributed by atoms with Gasteiger partial charge in [0.2, 0.25) is 0 Å². The Bertz CT molecular complexity index is 700. The molecule has 0 amide bonds. The van der Waals surface area contributed by atoms with Crippen molar-refractivity contribution in [3.05, 3.63) is 44.3 Å². The van der Waals surface area contributed by atoms with Gasteiger partial charge in [-0.1, -0.05) is 6.07 Å². The van der Waals surface area contributed by atoms with E-state index in [9.17, 15) is 0 Å². The van der Waals surface area contributed by atoms with Crippen LogP contribution in [-0.4, -0.2) is 43.6 Å². The van der Waals surface area contributed by atoms with E-state index >= 15 is 0 Å². The number of rotatable bonds is 7. The van der Waals surface area contributed by atoms with Gasteiger partial charge in [0, 0.05) is 47.2 Å². The highest BCUT2D eigenvalue weighted by Crippen LogP contribution is 2.20. The molecule has 148 valence electrons. The van der Waals surface area contributed by atoms with Crippen molar-refractivity contribution in [3.63, 3.8) is 0 Å². The summed E-state index contributed by atoms with van der Waals surface area (Å²) < 4.78 is 0. The molecule has 1 aliphatic rings. The van der Waals surface area contributed by atoms with Crippen molar-refractivity contribution in [1.29, 1.82) is 0 Å². The highest BCUT2D eigenvalue weighted by molar-refractivity contribution is 7.11. The molecule has 0 bridgehead atoms. The van der Waals surface area contributed by atoms with E-state index in [1.54, 1.807) is 0 Å². The highest BCUT2D eigenvalue weighted by atomic mass is 32.1. The van der Waals surface area contributed by atoms with Crippen LogP contribution in [0.1, 0.15) is 34.4 Å². The largest absolute Gasteiger partial charge is 0.356 e. The van der Waals surface area contributed by atoms with E-state index < -0.39 is 0 Å². The number of piperidine rings is 1. The van der Waals surface area contributed by atoms with Crippen molar-refractivity contribution in [3.8, 4) is 0 Å². The van der Waals surface area contributed by atoms with Gasteiger partial charge >= 0.3 is 0 Å². The summed E-state index contributed by atoms with van der Waals surface area (Å²) in [6, 6.07) is 9.20. The number of thiophene rings is 2. The summed E-state index contributed by atoms with van der Waals surface area (Å²) in [5.41, 5.74) is 0. The summed E-state index contributed by atoms with van der Waals surface area (Å²) in [5.74, 6) is 1.66. The second-order valence-electron chi connectivity index (χ2n) is 7.51. The molecular formula is C21H32N4S2. The van der Waals surface area contributed by atoms with E-state index in [4.69, 9.17) is 0 Å². The lowest BCUT2D eigenvalue weighted by molar-refractivity contribution is 0.179. The third-order valence-corrected chi connectivity index (χ3v) is 7.02. The first-order valence-electron chi connectivity index (χ1n) is 9.89. The van der Waals surface area contributed by atoms with E-state index in [0.717, 1.165) is 31.4 Å². The first kappa shape index (κ1) is 20.4. The minimum atomic E-state index is 0.377. The van der Waals surface area contributed by atoms with Crippen molar-refractivity contribution in [2.24, 2.45) is 10.9 Å². The van der Waals surface area contributed by atoms with Crippen molar-refractivity contribution in [2.45, 2.75) is 45.7 Å². The number of nitrogens with zero attached hydrogens (tertiary/aromatic N) is 2. The zero-order valence-corrected chi connectivity index (χ0v) is 18.3. The molecule has 0 aliphatic carbocycles. The molecule has 0 spiro atoms. The number of likely N-dealkylation sites (tertiary alicyclic amines) is 1. The number of nitrogens with one attached hydrogen (secondary N) is 2. The normalized spacial score (nSPS) is 17.8. The van der Waals surface area contributed by atoms with Gasteiger partial charge in [0.15, 0.2) is 5.96 Å². The molecule has 2 aromatic rings. The summed E-state index contributed by atoms with van der Waals surface area (Å²) in [7, 11) is 1.86. The van der Waals surface area contributed by atoms with Crippen LogP contribution < -0.4 is 10.6 Å². The average Bonchev–Trinajstić information content (AvgIpc) is 3.31. The fourth-order valence-corrected chi connectivity index (χ4v) is 5.35. The Hall–Kier alpha value is -1.37. The maximum Gasteiger partial charge on any atom is 0.191 e. The Labute approximate surface area is 171 Å². The average molecular weight is 405 g/mol. The van der Waals surface area contributed by atoms with Crippen molar-refractivity contribution in [1.82, 2.24) is 15.5 Å². The van der Waals surface area contributed by atoms with Crippen LogP contribution in [-0.2, 0) is 13.0 Å². The third kappa shape index (κ3) is 6.63. The van der Waals surface area contributed by atoms with Crippen molar-refractivity contribution < 1.29 is 0 Å². The maximum absolute atomic E-state index is 4.41. The first-order valence-corrected chi connectivity index (χ1v) is 11.6. The van der Waals surface area contributed by atoms with E-state index in [1.165, 1.54) is 40.6 Å². The number of aliphatic imine (C=N–C) groups is 1. The molecule has 1 aliphatic heterocycles. The molecule has 1 fully saturated rings. The van der Waals surface area contributed by atoms with Crippen molar-refractivity contribution in [2.75, 3.05) is 26.7 Å². The molecule has 3 rings (SSSR count). The lowest BCUT2D eigenvalue weighted by Gasteiger charge is -2.32. The van der Waals surface area contributed by atoms with Gasteiger partial charge in [0.05, 0.1) is 0 Å². The van der Waals surface area contributed by atoms with Gasteiger partial charge in [0.25, 0.3) is 0 Å². The molecule has 1 saturated heterocycles. The van der Waals surface area contributed by atoms with E-state index in [1.807, 2.05) is 29.7 Å². The summed E-state index contributed by atoms with van der Waals surface area (Å²) in [6.45, 7) is 8.91. The molecule has 0 aromatic carbocycles. The topological polar surface area (TPSA) is 39.7 Å². The predicted molar refractivity (Wildman–Crippen MR) is 119 cm³/mol. The SMILES string of the molecule is CN=C(NCC1CCN(Cc2cccs2)CC1)NC(C)Cc1ccc(C)s1. The third-order valence-electron chi connectivity index (χ3n) is 5.13. The zero-order chi connectivity index (χ0) is 19.1. The fourth-order valence-electron chi connectivity index (χ4n) is 3.59. The van der Waals surface area contributed by atoms with Gasteiger partial charge in [-0.05, 0) is 69.3 Å². The maximum atomic E-state index is 4.41. The Morgan fingerprint density at radius 3 is 2.70 bits per heavy atom. The van der Waals surface area contributed by atoms with Crippen molar-refractivity contribution >= 4 is 28.6 Å². The molecule has 4 nitrogen and oxygen atoms in total. The fraction of sp³-hybridized carbons (Fsp3) is 0.571. The molecule has 2 N–H and O–H groups in total. The lowest BCUT2D eigenvalue weighted by atomic mass is 9.97. The second kappa shape index (κ2) is 10.2. The number of aryl methyl sites for hydroxylation is 1. The predicted octanol–water partition coefficient (Wildman–Crippen LogP) is 4.13. The first-order chi connectivity index (χ1) is 13.1. The molecular weight excluding hydrogens is 372 g/mol. The molecule has 6 heteroatoms. The lowest BCUT2D eigenvalue weighted by Crippen LogP contribution is -2.45. The molecule has 0 saturated carbocycles. The Kier molecular flexibility index (Phi) is 7.73.